The Morgan fingerprint density at radius 2 is 1.35 bits per heavy atom. The van der Waals surface area contributed by atoms with Crippen molar-refractivity contribution in [2.45, 2.75) is 50.8 Å². The minimum Gasteiger partial charge on any atom is -0.394 e. The number of benzene rings is 4. The first-order chi connectivity index (χ1) is 19.4. The van der Waals surface area contributed by atoms with Crippen LogP contribution < -0.4 is 16.0 Å². The molecule has 0 saturated carbocycles. The molecule has 0 saturated heterocycles. The molecular formula is C33H39N3O4. The number of fused-ring (bicyclic) bond motifs is 2. The third-order valence-corrected chi connectivity index (χ3v) is 6.97. The van der Waals surface area contributed by atoms with Gasteiger partial charge in [0, 0.05) is 19.4 Å². The first kappa shape index (κ1) is 29.2. The fourth-order valence-corrected chi connectivity index (χ4v) is 4.88. The molecule has 0 aliphatic heterocycles. The average molecular weight is 542 g/mol. The maximum absolute atomic E-state index is 13.5. The van der Waals surface area contributed by atoms with Crippen molar-refractivity contribution in [3.63, 3.8) is 0 Å². The number of carbonyl (C=O) groups excluding carboxylic acids is 2. The minimum atomic E-state index is -0.787. The second-order valence-corrected chi connectivity index (χ2v) is 10.4. The summed E-state index contributed by atoms with van der Waals surface area (Å²) < 4.78 is 0. The quantitative estimate of drug-likeness (QED) is 0.157. The molecule has 0 spiro atoms. The van der Waals surface area contributed by atoms with Crippen molar-refractivity contribution in [2.75, 3.05) is 19.7 Å². The van der Waals surface area contributed by atoms with Crippen LogP contribution >= 0.6 is 0 Å². The Labute approximate surface area is 235 Å². The fraction of sp³-hybridized carbons (Fsp3) is 0.333. The van der Waals surface area contributed by atoms with Crippen molar-refractivity contribution in [3.05, 3.63) is 96.1 Å². The molecule has 7 nitrogen and oxygen atoms in total. The zero-order valence-corrected chi connectivity index (χ0v) is 23.0. The number of aliphatic hydroxyl groups is 2. The van der Waals surface area contributed by atoms with E-state index in [1.165, 1.54) is 0 Å². The van der Waals surface area contributed by atoms with E-state index in [-0.39, 0.29) is 24.8 Å². The van der Waals surface area contributed by atoms with Crippen molar-refractivity contribution in [1.82, 2.24) is 16.0 Å². The summed E-state index contributed by atoms with van der Waals surface area (Å²) in [6, 6.07) is 27.0. The molecule has 40 heavy (non-hydrogen) atoms. The van der Waals surface area contributed by atoms with Crippen LogP contribution in [0.4, 0.5) is 0 Å². The Morgan fingerprint density at radius 1 is 0.775 bits per heavy atom. The van der Waals surface area contributed by atoms with E-state index in [1.807, 2.05) is 78.9 Å². The number of rotatable bonds is 14. The van der Waals surface area contributed by atoms with Gasteiger partial charge in [0.05, 0.1) is 18.8 Å². The van der Waals surface area contributed by atoms with Gasteiger partial charge < -0.3 is 26.2 Å². The number of hydrogen-bond donors (Lipinski definition) is 5. The highest BCUT2D eigenvalue weighted by Gasteiger charge is 2.24. The van der Waals surface area contributed by atoms with Gasteiger partial charge in [0.2, 0.25) is 11.8 Å². The van der Waals surface area contributed by atoms with Gasteiger partial charge in [-0.2, -0.15) is 0 Å². The summed E-state index contributed by atoms with van der Waals surface area (Å²) in [4.78, 5) is 26.3. The van der Waals surface area contributed by atoms with Gasteiger partial charge in [-0.3, -0.25) is 9.59 Å². The lowest BCUT2D eigenvalue weighted by Gasteiger charge is -2.23. The molecule has 210 valence electrons. The molecule has 0 heterocycles. The lowest BCUT2D eigenvalue weighted by Crippen LogP contribution is -2.52. The number of hydrogen-bond acceptors (Lipinski definition) is 5. The standard InChI is InChI=1S/C33H39N3O4/c1-23(38)21-34-16-6-11-32(39)36-31(20-25-13-15-27-8-3-5-10-29(27)18-25)33(40)35-30(22-37)19-24-12-14-26-7-2-4-9-28(26)17-24/h2-5,7-10,12-15,17-18,23,30-31,34,37-38H,6,11,16,19-22H2,1H3,(H,35,40)(H,36,39). The molecule has 7 heteroatoms. The van der Waals surface area contributed by atoms with E-state index in [2.05, 4.69) is 22.0 Å². The third kappa shape index (κ3) is 8.61. The molecule has 5 N–H and O–H groups in total. The topological polar surface area (TPSA) is 111 Å². The number of amides is 2. The number of aliphatic hydroxyl groups excluding tert-OH is 2. The molecule has 4 rings (SSSR count). The van der Waals surface area contributed by atoms with E-state index in [0.29, 0.717) is 32.4 Å². The van der Waals surface area contributed by atoms with Crippen molar-refractivity contribution in [2.24, 2.45) is 0 Å². The van der Waals surface area contributed by atoms with Gasteiger partial charge >= 0.3 is 0 Å². The second kappa shape index (κ2) is 14.6. The van der Waals surface area contributed by atoms with Crippen LogP contribution in [0.2, 0.25) is 0 Å². The average Bonchev–Trinajstić information content (AvgIpc) is 2.96. The van der Waals surface area contributed by atoms with E-state index in [4.69, 9.17) is 0 Å². The molecule has 4 aromatic carbocycles. The first-order valence-electron chi connectivity index (χ1n) is 14.0. The van der Waals surface area contributed by atoms with E-state index >= 15 is 0 Å². The molecule has 0 bridgehead atoms. The summed E-state index contributed by atoms with van der Waals surface area (Å²) in [5.41, 5.74) is 1.95. The highest BCUT2D eigenvalue weighted by atomic mass is 16.3. The molecule has 0 aliphatic rings. The van der Waals surface area contributed by atoms with Crippen molar-refractivity contribution < 1.29 is 19.8 Å². The third-order valence-electron chi connectivity index (χ3n) is 6.97. The molecule has 4 aromatic rings. The summed E-state index contributed by atoms with van der Waals surface area (Å²) >= 11 is 0. The van der Waals surface area contributed by atoms with Gasteiger partial charge in [0.1, 0.15) is 6.04 Å². The van der Waals surface area contributed by atoms with Gasteiger partial charge in [0.15, 0.2) is 0 Å². The zero-order chi connectivity index (χ0) is 28.3. The van der Waals surface area contributed by atoms with Crippen LogP contribution in [-0.4, -0.2) is 59.9 Å². The summed E-state index contributed by atoms with van der Waals surface area (Å²) in [7, 11) is 0. The summed E-state index contributed by atoms with van der Waals surface area (Å²) in [6.45, 7) is 2.55. The second-order valence-electron chi connectivity index (χ2n) is 10.4. The van der Waals surface area contributed by atoms with Gasteiger partial charge in [-0.15, -0.1) is 0 Å². The maximum Gasteiger partial charge on any atom is 0.243 e. The van der Waals surface area contributed by atoms with Gasteiger partial charge in [-0.1, -0.05) is 84.9 Å². The van der Waals surface area contributed by atoms with Gasteiger partial charge in [0.25, 0.3) is 0 Å². The monoisotopic (exact) mass is 541 g/mol. The molecule has 0 aromatic heterocycles. The van der Waals surface area contributed by atoms with Crippen LogP contribution in [0.25, 0.3) is 21.5 Å². The van der Waals surface area contributed by atoms with Crippen LogP contribution in [0, 0.1) is 0 Å². The lowest BCUT2D eigenvalue weighted by atomic mass is 9.99. The van der Waals surface area contributed by atoms with Gasteiger partial charge in [-0.25, -0.2) is 0 Å². The van der Waals surface area contributed by atoms with Crippen molar-refractivity contribution in [3.8, 4) is 0 Å². The van der Waals surface area contributed by atoms with Crippen LogP contribution in [0.5, 0.6) is 0 Å². The molecule has 0 radical (unpaired) electrons. The number of carbonyl (C=O) groups is 2. The van der Waals surface area contributed by atoms with E-state index in [0.717, 1.165) is 32.7 Å². The predicted molar refractivity (Wildman–Crippen MR) is 160 cm³/mol. The molecule has 2 amide bonds. The zero-order valence-electron chi connectivity index (χ0n) is 23.0. The van der Waals surface area contributed by atoms with Crippen molar-refractivity contribution in [1.29, 1.82) is 0 Å². The first-order valence-corrected chi connectivity index (χ1v) is 14.0. The van der Waals surface area contributed by atoms with Crippen LogP contribution in [0.15, 0.2) is 84.9 Å². The highest BCUT2D eigenvalue weighted by Crippen LogP contribution is 2.18. The Bertz CT molecular complexity index is 1420. The largest absolute Gasteiger partial charge is 0.394 e. The normalized spacial score (nSPS) is 13.6. The Hall–Kier alpha value is -3.78. The van der Waals surface area contributed by atoms with Gasteiger partial charge in [-0.05, 0) is 59.0 Å². The summed E-state index contributed by atoms with van der Waals surface area (Å²) in [6.07, 6.45) is 1.20. The van der Waals surface area contributed by atoms with E-state index in [1.54, 1.807) is 6.92 Å². The summed E-state index contributed by atoms with van der Waals surface area (Å²) in [5, 5.41) is 32.9. The van der Waals surface area contributed by atoms with Crippen LogP contribution in [0.1, 0.15) is 30.9 Å². The smallest absolute Gasteiger partial charge is 0.243 e. The van der Waals surface area contributed by atoms with E-state index in [9.17, 15) is 19.8 Å². The molecule has 3 atom stereocenters. The SMILES string of the molecule is CC(O)CNCCCC(=O)NC(Cc1ccc2ccccc2c1)C(=O)NC(CO)Cc1ccc2ccccc2c1. The Balaban J connectivity index is 1.43. The summed E-state index contributed by atoms with van der Waals surface area (Å²) in [5.74, 6) is -0.538. The maximum atomic E-state index is 13.5. The molecule has 3 unspecified atom stereocenters. The molecule has 0 fully saturated rings. The van der Waals surface area contributed by atoms with E-state index < -0.39 is 18.2 Å². The fourth-order valence-electron chi connectivity index (χ4n) is 4.88. The Kier molecular flexibility index (Phi) is 10.6. The highest BCUT2D eigenvalue weighted by molar-refractivity contribution is 5.89. The molecule has 0 aliphatic carbocycles. The van der Waals surface area contributed by atoms with Crippen molar-refractivity contribution >= 4 is 33.4 Å². The predicted octanol–water partition coefficient (Wildman–Crippen LogP) is 3.49. The van der Waals surface area contributed by atoms with Crippen LogP contribution in [-0.2, 0) is 22.4 Å². The van der Waals surface area contributed by atoms with Crippen LogP contribution in [0.3, 0.4) is 0 Å². The lowest BCUT2D eigenvalue weighted by molar-refractivity contribution is -0.129. The number of nitrogens with one attached hydrogen (secondary N) is 3. The Morgan fingerprint density at radius 3 is 1.93 bits per heavy atom. The molecular weight excluding hydrogens is 502 g/mol. The minimum absolute atomic E-state index is 0.213.